The highest BCUT2D eigenvalue weighted by Gasteiger charge is 2.22. The highest BCUT2D eigenvalue weighted by molar-refractivity contribution is 5.47. The zero-order valence-corrected chi connectivity index (χ0v) is 14.1. The van der Waals surface area contributed by atoms with Gasteiger partial charge in [0.05, 0.1) is 13.2 Å². The standard InChI is InChI=1S/C18H24N4O2/c1-2-16-20-21-17-8-7-14(12-22(16)17)19-11-13-5-3-6-15-18(13)24-10-4-9-23-15/h3,5-6,14,19H,2,4,7-12H2,1H3. The van der Waals surface area contributed by atoms with Crippen molar-refractivity contribution in [3.05, 3.63) is 35.4 Å². The van der Waals surface area contributed by atoms with Crippen molar-refractivity contribution in [2.75, 3.05) is 13.2 Å². The number of benzene rings is 1. The van der Waals surface area contributed by atoms with E-state index in [9.17, 15) is 0 Å². The summed E-state index contributed by atoms with van der Waals surface area (Å²) in [6.45, 7) is 5.30. The van der Waals surface area contributed by atoms with Gasteiger partial charge in [0.15, 0.2) is 11.5 Å². The quantitative estimate of drug-likeness (QED) is 0.931. The van der Waals surface area contributed by atoms with Gasteiger partial charge in [-0.2, -0.15) is 0 Å². The number of ether oxygens (including phenoxy) is 2. The molecule has 0 aliphatic carbocycles. The minimum absolute atomic E-state index is 0.432. The van der Waals surface area contributed by atoms with Crippen molar-refractivity contribution < 1.29 is 9.47 Å². The maximum atomic E-state index is 5.91. The van der Waals surface area contributed by atoms with Gasteiger partial charge in [-0.15, -0.1) is 10.2 Å². The number of para-hydroxylation sites is 1. The maximum absolute atomic E-state index is 5.91. The fraction of sp³-hybridized carbons (Fsp3) is 0.556. The highest BCUT2D eigenvalue weighted by atomic mass is 16.5. The molecule has 0 fully saturated rings. The van der Waals surface area contributed by atoms with Crippen molar-refractivity contribution in [1.29, 1.82) is 0 Å². The number of nitrogens with zero attached hydrogens (tertiary/aromatic N) is 3. The third-order valence-electron chi connectivity index (χ3n) is 4.77. The predicted octanol–water partition coefficient (Wildman–Crippen LogP) is 2.11. The van der Waals surface area contributed by atoms with Gasteiger partial charge in [0.1, 0.15) is 11.6 Å². The first-order valence-electron chi connectivity index (χ1n) is 8.87. The summed E-state index contributed by atoms with van der Waals surface area (Å²) in [7, 11) is 0. The number of nitrogens with one attached hydrogen (secondary N) is 1. The zero-order chi connectivity index (χ0) is 16.4. The van der Waals surface area contributed by atoms with Gasteiger partial charge in [-0.3, -0.25) is 0 Å². The van der Waals surface area contributed by atoms with E-state index in [2.05, 4.69) is 33.1 Å². The molecule has 6 heteroatoms. The Hall–Kier alpha value is -2.08. The molecule has 0 radical (unpaired) electrons. The second kappa shape index (κ2) is 6.81. The molecule has 4 rings (SSSR count). The Labute approximate surface area is 142 Å². The van der Waals surface area contributed by atoms with Gasteiger partial charge in [0, 0.05) is 44.0 Å². The van der Waals surface area contributed by atoms with E-state index in [0.717, 1.165) is 75.1 Å². The lowest BCUT2D eigenvalue weighted by atomic mass is 10.1. The van der Waals surface area contributed by atoms with Crippen molar-refractivity contribution in [3.8, 4) is 11.5 Å². The lowest BCUT2D eigenvalue weighted by molar-refractivity contribution is 0.295. The van der Waals surface area contributed by atoms with E-state index in [4.69, 9.17) is 9.47 Å². The van der Waals surface area contributed by atoms with Crippen molar-refractivity contribution in [1.82, 2.24) is 20.1 Å². The molecular formula is C18H24N4O2. The van der Waals surface area contributed by atoms with E-state index in [1.807, 2.05) is 12.1 Å². The first-order chi connectivity index (χ1) is 11.8. The van der Waals surface area contributed by atoms with Crippen molar-refractivity contribution in [2.24, 2.45) is 0 Å². The Kier molecular flexibility index (Phi) is 4.38. The molecule has 1 N–H and O–H groups in total. The van der Waals surface area contributed by atoms with Crippen LogP contribution in [0.15, 0.2) is 18.2 Å². The Morgan fingerprint density at radius 3 is 3.08 bits per heavy atom. The monoisotopic (exact) mass is 328 g/mol. The van der Waals surface area contributed by atoms with Gasteiger partial charge in [-0.1, -0.05) is 19.1 Å². The van der Waals surface area contributed by atoms with Gasteiger partial charge < -0.3 is 19.4 Å². The molecule has 1 atom stereocenters. The lowest BCUT2D eigenvalue weighted by Gasteiger charge is -2.25. The summed E-state index contributed by atoms with van der Waals surface area (Å²) in [6, 6.07) is 6.58. The Morgan fingerprint density at radius 2 is 2.17 bits per heavy atom. The van der Waals surface area contributed by atoms with Crippen LogP contribution in [0.3, 0.4) is 0 Å². The molecule has 1 unspecified atom stereocenters. The summed E-state index contributed by atoms with van der Waals surface area (Å²) in [5.41, 5.74) is 1.17. The fourth-order valence-corrected chi connectivity index (χ4v) is 3.46. The van der Waals surface area contributed by atoms with Crippen LogP contribution in [-0.4, -0.2) is 34.0 Å². The average Bonchev–Trinajstić information content (AvgIpc) is 2.86. The van der Waals surface area contributed by atoms with Gasteiger partial charge in [0.2, 0.25) is 0 Å². The number of hydrogen-bond acceptors (Lipinski definition) is 5. The molecule has 0 spiro atoms. The van der Waals surface area contributed by atoms with Gasteiger partial charge >= 0.3 is 0 Å². The number of aryl methyl sites for hydroxylation is 2. The van der Waals surface area contributed by atoms with E-state index < -0.39 is 0 Å². The van der Waals surface area contributed by atoms with Crippen LogP contribution < -0.4 is 14.8 Å². The molecular weight excluding hydrogens is 304 g/mol. The number of aromatic nitrogens is 3. The topological polar surface area (TPSA) is 61.2 Å². The smallest absolute Gasteiger partial charge is 0.165 e. The van der Waals surface area contributed by atoms with E-state index in [1.165, 1.54) is 5.56 Å². The predicted molar refractivity (Wildman–Crippen MR) is 90.4 cm³/mol. The van der Waals surface area contributed by atoms with Crippen LogP contribution in [0.2, 0.25) is 0 Å². The second-order valence-corrected chi connectivity index (χ2v) is 6.41. The van der Waals surface area contributed by atoms with Gasteiger partial charge in [0.25, 0.3) is 0 Å². The maximum Gasteiger partial charge on any atom is 0.165 e. The normalized spacial score (nSPS) is 19.6. The van der Waals surface area contributed by atoms with Crippen molar-refractivity contribution >= 4 is 0 Å². The molecule has 3 heterocycles. The van der Waals surface area contributed by atoms with Gasteiger partial charge in [-0.05, 0) is 12.5 Å². The summed E-state index contributed by atoms with van der Waals surface area (Å²) in [5, 5.41) is 12.3. The molecule has 2 aromatic rings. The van der Waals surface area contributed by atoms with Crippen molar-refractivity contribution in [2.45, 2.75) is 51.7 Å². The number of rotatable bonds is 4. The van der Waals surface area contributed by atoms with Crippen molar-refractivity contribution in [3.63, 3.8) is 0 Å². The molecule has 0 amide bonds. The number of hydrogen-bond donors (Lipinski definition) is 1. The average molecular weight is 328 g/mol. The van der Waals surface area contributed by atoms with Crippen LogP contribution in [0.25, 0.3) is 0 Å². The molecule has 1 aromatic carbocycles. The van der Waals surface area contributed by atoms with Crippen LogP contribution in [0.4, 0.5) is 0 Å². The van der Waals surface area contributed by atoms with Crippen LogP contribution in [0, 0.1) is 0 Å². The first-order valence-corrected chi connectivity index (χ1v) is 8.87. The fourth-order valence-electron chi connectivity index (χ4n) is 3.46. The highest BCUT2D eigenvalue weighted by Crippen LogP contribution is 2.33. The molecule has 24 heavy (non-hydrogen) atoms. The van der Waals surface area contributed by atoms with E-state index in [0.29, 0.717) is 6.04 Å². The minimum atomic E-state index is 0.432. The molecule has 6 nitrogen and oxygen atoms in total. The largest absolute Gasteiger partial charge is 0.490 e. The van der Waals surface area contributed by atoms with E-state index in [-0.39, 0.29) is 0 Å². The Morgan fingerprint density at radius 1 is 1.25 bits per heavy atom. The third-order valence-corrected chi connectivity index (χ3v) is 4.77. The molecule has 0 saturated carbocycles. The molecule has 0 bridgehead atoms. The number of fused-ring (bicyclic) bond motifs is 2. The molecule has 0 saturated heterocycles. The van der Waals surface area contributed by atoms with Crippen LogP contribution in [0.5, 0.6) is 11.5 Å². The molecule has 2 aliphatic heterocycles. The Bertz CT molecular complexity index is 700. The Balaban J connectivity index is 1.45. The van der Waals surface area contributed by atoms with Crippen LogP contribution >= 0.6 is 0 Å². The molecule has 1 aromatic heterocycles. The summed E-state index contributed by atoms with van der Waals surface area (Å²) in [4.78, 5) is 0. The van der Waals surface area contributed by atoms with Gasteiger partial charge in [-0.25, -0.2) is 0 Å². The summed E-state index contributed by atoms with van der Waals surface area (Å²) in [6.07, 6.45) is 3.93. The second-order valence-electron chi connectivity index (χ2n) is 6.41. The third kappa shape index (κ3) is 2.98. The van der Waals surface area contributed by atoms with E-state index in [1.54, 1.807) is 0 Å². The summed E-state index contributed by atoms with van der Waals surface area (Å²) >= 11 is 0. The van der Waals surface area contributed by atoms with Crippen LogP contribution in [-0.2, 0) is 25.9 Å². The summed E-state index contributed by atoms with van der Waals surface area (Å²) < 4.78 is 14.0. The lowest BCUT2D eigenvalue weighted by Crippen LogP contribution is -2.37. The SMILES string of the molecule is CCc1nnc2n1CC(NCc1cccc3c1OCCCO3)CC2. The zero-order valence-electron chi connectivity index (χ0n) is 14.1. The molecule has 2 aliphatic rings. The van der Waals surface area contributed by atoms with Crippen LogP contribution in [0.1, 0.15) is 37.0 Å². The van der Waals surface area contributed by atoms with E-state index >= 15 is 0 Å². The summed E-state index contributed by atoms with van der Waals surface area (Å²) in [5.74, 6) is 3.97. The first kappa shape index (κ1) is 15.4. The molecule has 128 valence electrons. The minimum Gasteiger partial charge on any atom is -0.490 e.